The predicted octanol–water partition coefficient (Wildman–Crippen LogP) is 3.80. The molecule has 1 aliphatic carbocycles. The van der Waals surface area contributed by atoms with Crippen molar-refractivity contribution in [1.82, 2.24) is 5.32 Å². The first kappa shape index (κ1) is 14.4. The molecule has 0 radical (unpaired) electrons. The van der Waals surface area contributed by atoms with Gasteiger partial charge < -0.3 is 10.1 Å². The fraction of sp³-hybridized carbons (Fsp3) is 0.647. The van der Waals surface area contributed by atoms with Gasteiger partial charge in [-0.15, -0.1) is 0 Å². The third kappa shape index (κ3) is 4.87. The van der Waals surface area contributed by atoms with Gasteiger partial charge in [-0.1, -0.05) is 25.5 Å². The lowest BCUT2D eigenvalue weighted by atomic mass is 9.86. The van der Waals surface area contributed by atoms with E-state index in [2.05, 4.69) is 43.4 Å². The van der Waals surface area contributed by atoms with Crippen LogP contribution in [-0.4, -0.2) is 19.2 Å². The van der Waals surface area contributed by atoms with Crippen LogP contribution in [0, 0.1) is 5.92 Å². The standard InChI is InChI=1S/C17H27NO/c1-3-18-14(2)7-8-15-9-11-17(12-10-15)19-13-16-5-4-6-16/h9-12,14,16,18H,3-8,13H2,1-2H3. The minimum absolute atomic E-state index is 0.597. The third-order valence-electron chi connectivity index (χ3n) is 4.05. The van der Waals surface area contributed by atoms with Gasteiger partial charge in [-0.05, 0) is 62.8 Å². The van der Waals surface area contributed by atoms with Gasteiger partial charge in [0.2, 0.25) is 0 Å². The van der Waals surface area contributed by atoms with Gasteiger partial charge in [0.1, 0.15) is 5.75 Å². The summed E-state index contributed by atoms with van der Waals surface area (Å²) in [6.07, 6.45) is 6.41. The molecule has 106 valence electrons. The van der Waals surface area contributed by atoms with Crippen molar-refractivity contribution in [2.45, 2.75) is 52.0 Å². The van der Waals surface area contributed by atoms with E-state index in [1.165, 1.54) is 31.2 Å². The van der Waals surface area contributed by atoms with Crippen molar-refractivity contribution in [3.05, 3.63) is 29.8 Å². The Morgan fingerprint density at radius 1 is 1.26 bits per heavy atom. The fourth-order valence-electron chi connectivity index (χ4n) is 2.46. The molecule has 0 bridgehead atoms. The molecule has 2 rings (SSSR count). The minimum Gasteiger partial charge on any atom is -0.493 e. The van der Waals surface area contributed by atoms with E-state index >= 15 is 0 Å². The first-order chi connectivity index (χ1) is 9.28. The Bertz CT molecular complexity index is 356. The minimum atomic E-state index is 0.597. The quantitative estimate of drug-likeness (QED) is 0.768. The van der Waals surface area contributed by atoms with Crippen LogP contribution in [0.25, 0.3) is 0 Å². The molecule has 19 heavy (non-hydrogen) atoms. The Morgan fingerprint density at radius 2 is 2.00 bits per heavy atom. The molecule has 1 aliphatic rings. The average Bonchev–Trinajstić information content (AvgIpc) is 2.36. The van der Waals surface area contributed by atoms with E-state index in [0.29, 0.717) is 6.04 Å². The van der Waals surface area contributed by atoms with Crippen molar-refractivity contribution in [3.63, 3.8) is 0 Å². The number of benzene rings is 1. The van der Waals surface area contributed by atoms with E-state index in [-0.39, 0.29) is 0 Å². The normalized spacial score (nSPS) is 16.9. The molecule has 2 heteroatoms. The Kier molecular flexibility index (Phi) is 5.71. The molecule has 2 nitrogen and oxygen atoms in total. The van der Waals surface area contributed by atoms with E-state index in [1.54, 1.807) is 0 Å². The lowest BCUT2D eigenvalue weighted by Gasteiger charge is -2.25. The van der Waals surface area contributed by atoms with Gasteiger partial charge in [-0.3, -0.25) is 0 Å². The summed E-state index contributed by atoms with van der Waals surface area (Å²) < 4.78 is 5.82. The molecule has 1 atom stereocenters. The van der Waals surface area contributed by atoms with Crippen molar-refractivity contribution in [1.29, 1.82) is 0 Å². The van der Waals surface area contributed by atoms with Crippen molar-refractivity contribution in [2.24, 2.45) is 5.92 Å². The van der Waals surface area contributed by atoms with E-state index in [0.717, 1.165) is 31.2 Å². The molecule has 0 aromatic heterocycles. The van der Waals surface area contributed by atoms with Crippen LogP contribution < -0.4 is 10.1 Å². The number of hydrogen-bond acceptors (Lipinski definition) is 2. The van der Waals surface area contributed by atoms with Crippen molar-refractivity contribution >= 4 is 0 Å². The molecular weight excluding hydrogens is 234 g/mol. The summed E-state index contributed by atoms with van der Waals surface area (Å²) in [4.78, 5) is 0. The highest BCUT2D eigenvalue weighted by atomic mass is 16.5. The third-order valence-corrected chi connectivity index (χ3v) is 4.05. The number of rotatable bonds is 8. The van der Waals surface area contributed by atoms with Gasteiger partial charge in [0.15, 0.2) is 0 Å². The SMILES string of the molecule is CCNC(C)CCc1ccc(OCC2CCC2)cc1. The van der Waals surface area contributed by atoms with E-state index in [9.17, 15) is 0 Å². The maximum Gasteiger partial charge on any atom is 0.119 e. The first-order valence-electron chi connectivity index (χ1n) is 7.73. The van der Waals surface area contributed by atoms with Crippen LogP contribution in [0.5, 0.6) is 5.75 Å². The molecule has 0 spiro atoms. The second kappa shape index (κ2) is 7.54. The second-order valence-corrected chi connectivity index (χ2v) is 5.75. The van der Waals surface area contributed by atoms with Crippen LogP contribution in [0.15, 0.2) is 24.3 Å². The van der Waals surface area contributed by atoms with E-state index in [4.69, 9.17) is 4.74 Å². The molecular formula is C17H27NO. The summed E-state index contributed by atoms with van der Waals surface area (Å²) in [5.41, 5.74) is 1.40. The maximum atomic E-state index is 5.82. The summed E-state index contributed by atoms with van der Waals surface area (Å²) in [5.74, 6) is 1.83. The predicted molar refractivity (Wildman–Crippen MR) is 80.7 cm³/mol. The van der Waals surface area contributed by atoms with Crippen LogP contribution in [0.1, 0.15) is 45.1 Å². The molecule has 0 aliphatic heterocycles. The molecule has 1 aromatic rings. The molecule has 1 saturated carbocycles. The molecule has 0 amide bonds. The van der Waals surface area contributed by atoms with Gasteiger partial charge >= 0.3 is 0 Å². The topological polar surface area (TPSA) is 21.3 Å². The summed E-state index contributed by atoms with van der Waals surface area (Å²) in [7, 11) is 0. The monoisotopic (exact) mass is 261 g/mol. The van der Waals surface area contributed by atoms with Gasteiger partial charge in [0.25, 0.3) is 0 Å². The van der Waals surface area contributed by atoms with E-state index in [1.807, 2.05) is 0 Å². The summed E-state index contributed by atoms with van der Waals surface area (Å²) in [6, 6.07) is 9.24. The number of hydrogen-bond donors (Lipinski definition) is 1. The van der Waals surface area contributed by atoms with Crippen LogP contribution in [0.3, 0.4) is 0 Å². The zero-order valence-corrected chi connectivity index (χ0v) is 12.3. The molecule has 0 heterocycles. The van der Waals surface area contributed by atoms with Gasteiger partial charge in [-0.25, -0.2) is 0 Å². The van der Waals surface area contributed by atoms with Crippen LogP contribution in [0.4, 0.5) is 0 Å². The van der Waals surface area contributed by atoms with Crippen LogP contribution in [-0.2, 0) is 6.42 Å². The second-order valence-electron chi connectivity index (χ2n) is 5.75. The largest absolute Gasteiger partial charge is 0.493 e. The molecule has 0 saturated heterocycles. The summed E-state index contributed by atoms with van der Waals surface area (Å²) in [5, 5.41) is 3.45. The highest BCUT2D eigenvalue weighted by molar-refractivity contribution is 5.27. The number of aryl methyl sites for hydroxylation is 1. The molecule has 1 N–H and O–H groups in total. The van der Waals surface area contributed by atoms with Gasteiger partial charge in [0.05, 0.1) is 6.61 Å². The first-order valence-corrected chi connectivity index (χ1v) is 7.73. The number of ether oxygens (including phenoxy) is 1. The Morgan fingerprint density at radius 3 is 2.58 bits per heavy atom. The Hall–Kier alpha value is -1.02. The zero-order valence-electron chi connectivity index (χ0n) is 12.3. The highest BCUT2D eigenvalue weighted by Gasteiger charge is 2.17. The van der Waals surface area contributed by atoms with Crippen molar-refractivity contribution in [2.75, 3.05) is 13.2 Å². The number of nitrogens with one attached hydrogen (secondary N) is 1. The molecule has 1 aromatic carbocycles. The lowest BCUT2D eigenvalue weighted by molar-refractivity contribution is 0.180. The smallest absolute Gasteiger partial charge is 0.119 e. The zero-order chi connectivity index (χ0) is 13.5. The Balaban J connectivity index is 1.71. The van der Waals surface area contributed by atoms with Crippen molar-refractivity contribution in [3.8, 4) is 5.75 Å². The highest BCUT2D eigenvalue weighted by Crippen LogP contribution is 2.27. The fourth-order valence-corrected chi connectivity index (χ4v) is 2.46. The van der Waals surface area contributed by atoms with E-state index < -0.39 is 0 Å². The molecule has 1 unspecified atom stereocenters. The van der Waals surface area contributed by atoms with Crippen LogP contribution in [0.2, 0.25) is 0 Å². The molecule has 1 fully saturated rings. The lowest BCUT2D eigenvalue weighted by Crippen LogP contribution is -2.25. The summed E-state index contributed by atoms with van der Waals surface area (Å²) >= 11 is 0. The van der Waals surface area contributed by atoms with Gasteiger partial charge in [-0.2, -0.15) is 0 Å². The Labute approximate surface area is 117 Å². The summed E-state index contributed by atoms with van der Waals surface area (Å²) in [6.45, 7) is 6.36. The van der Waals surface area contributed by atoms with Gasteiger partial charge in [0, 0.05) is 6.04 Å². The average molecular weight is 261 g/mol. The van der Waals surface area contributed by atoms with Crippen molar-refractivity contribution < 1.29 is 4.74 Å². The maximum absolute atomic E-state index is 5.82. The van der Waals surface area contributed by atoms with Crippen LogP contribution >= 0.6 is 0 Å².